The van der Waals surface area contributed by atoms with Gasteiger partial charge in [-0.3, -0.25) is 10.1 Å². The summed E-state index contributed by atoms with van der Waals surface area (Å²) >= 11 is 7.43. The number of carbonyl (C=O) groups excluding carboxylic acids is 2. The summed E-state index contributed by atoms with van der Waals surface area (Å²) in [6, 6.07) is 18.2. The van der Waals surface area contributed by atoms with Crippen molar-refractivity contribution in [3.05, 3.63) is 76.6 Å². The molecule has 0 fully saturated rings. The lowest BCUT2D eigenvalue weighted by Crippen LogP contribution is -2.21. The van der Waals surface area contributed by atoms with Crippen LogP contribution in [-0.4, -0.2) is 23.5 Å². The van der Waals surface area contributed by atoms with Crippen LogP contribution >= 0.6 is 22.9 Å². The van der Waals surface area contributed by atoms with E-state index < -0.39 is 18.5 Å². The van der Waals surface area contributed by atoms with Crippen LogP contribution in [0.1, 0.15) is 10.4 Å². The van der Waals surface area contributed by atoms with E-state index in [9.17, 15) is 9.59 Å². The molecule has 0 unspecified atom stereocenters. The van der Waals surface area contributed by atoms with Crippen molar-refractivity contribution in [2.75, 3.05) is 17.7 Å². The average molecular weight is 438 g/mol. The fraction of sp³-hybridized carbons (Fsp3) is 0.0455. The van der Waals surface area contributed by atoms with Crippen LogP contribution in [0.2, 0.25) is 5.02 Å². The average Bonchev–Trinajstić information content (AvgIpc) is 3.20. The smallest absolute Gasteiger partial charge is 0.340 e. The molecule has 1 amide bonds. The summed E-state index contributed by atoms with van der Waals surface area (Å²) in [5, 5.41) is 7.15. The van der Waals surface area contributed by atoms with Gasteiger partial charge in [-0.2, -0.15) is 0 Å². The summed E-state index contributed by atoms with van der Waals surface area (Å²) in [5.41, 5.74) is 7.91. The summed E-state index contributed by atoms with van der Waals surface area (Å²) in [5.74, 6) is -1.16. The lowest BCUT2D eigenvalue weighted by molar-refractivity contribution is -0.119. The lowest BCUT2D eigenvalue weighted by atomic mass is 10.1. The van der Waals surface area contributed by atoms with Gasteiger partial charge < -0.3 is 10.5 Å². The second-order valence-electron chi connectivity index (χ2n) is 6.43. The summed E-state index contributed by atoms with van der Waals surface area (Å²) in [6.07, 6.45) is 0. The molecule has 1 heterocycles. The fourth-order valence-corrected chi connectivity index (χ4v) is 3.88. The Morgan fingerprint density at radius 1 is 1.07 bits per heavy atom. The van der Waals surface area contributed by atoms with Gasteiger partial charge in [0.15, 0.2) is 11.7 Å². The van der Waals surface area contributed by atoms with Crippen LogP contribution in [0.15, 0.2) is 66.0 Å². The summed E-state index contributed by atoms with van der Waals surface area (Å²) in [7, 11) is 0. The maximum absolute atomic E-state index is 12.4. The van der Waals surface area contributed by atoms with E-state index in [1.54, 1.807) is 23.6 Å². The summed E-state index contributed by atoms with van der Waals surface area (Å²) in [6.45, 7) is -0.452. The van der Waals surface area contributed by atoms with Gasteiger partial charge in [0, 0.05) is 21.7 Å². The summed E-state index contributed by atoms with van der Waals surface area (Å²) < 4.78 is 5.13. The number of amides is 1. The molecule has 0 atom stereocenters. The molecule has 4 aromatic rings. The topological polar surface area (TPSA) is 94.3 Å². The van der Waals surface area contributed by atoms with E-state index in [1.807, 2.05) is 42.5 Å². The molecule has 3 aromatic carbocycles. The van der Waals surface area contributed by atoms with Crippen molar-refractivity contribution in [3.63, 3.8) is 0 Å². The van der Waals surface area contributed by atoms with Crippen molar-refractivity contribution >= 4 is 56.4 Å². The Hall–Kier alpha value is -3.42. The Bertz CT molecular complexity index is 1260. The van der Waals surface area contributed by atoms with Gasteiger partial charge in [0.2, 0.25) is 0 Å². The highest BCUT2D eigenvalue weighted by molar-refractivity contribution is 7.14. The van der Waals surface area contributed by atoms with Gasteiger partial charge in [-0.05, 0) is 29.0 Å². The monoisotopic (exact) mass is 437 g/mol. The van der Waals surface area contributed by atoms with Crippen LogP contribution in [0.3, 0.4) is 0 Å². The van der Waals surface area contributed by atoms with Crippen molar-refractivity contribution in [1.82, 2.24) is 4.98 Å². The molecule has 0 spiro atoms. The number of nitrogens with one attached hydrogen (secondary N) is 1. The van der Waals surface area contributed by atoms with Crippen LogP contribution in [0, 0.1) is 0 Å². The minimum absolute atomic E-state index is 0.219. The third kappa shape index (κ3) is 4.27. The first-order valence-electron chi connectivity index (χ1n) is 8.97. The number of nitrogen functional groups attached to an aromatic ring is 1. The Morgan fingerprint density at radius 2 is 1.77 bits per heavy atom. The number of hydrogen-bond acceptors (Lipinski definition) is 6. The second-order valence-corrected chi connectivity index (χ2v) is 7.69. The van der Waals surface area contributed by atoms with Crippen molar-refractivity contribution in [3.8, 4) is 11.3 Å². The molecule has 30 heavy (non-hydrogen) atoms. The molecule has 6 nitrogen and oxygen atoms in total. The first kappa shape index (κ1) is 19.9. The second kappa shape index (κ2) is 8.52. The van der Waals surface area contributed by atoms with Crippen molar-refractivity contribution in [2.24, 2.45) is 0 Å². The molecule has 3 N–H and O–H groups in total. The molecular weight excluding hydrogens is 422 g/mol. The normalized spacial score (nSPS) is 10.7. The standard InChI is InChI=1S/C22H16ClN3O3S/c23-17-8-4-3-7-15(17)19-12-30-22(25-19)26-20(27)11-29-21(28)16-9-13-5-1-2-6-14(13)10-18(16)24/h1-10,12H,11,24H2,(H,25,26,27). The largest absolute Gasteiger partial charge is 0.452 e. The van der Waals surface area contributed by atoms with Crippen LogP contribution in [0.5, 0.6) is 0 Å². The van der Waals surface area contributed by atoms with Gasteiger partial charge in [0.25, 0.3) is 5.91 Å². The number of aromatic nitrogens is 1. The van der Waals surface area contributed by atoms with E-state index >= 15 is 0 Å². The molecule has 150 valence electrons. The molecule has 0 saturated heterocycles. The third-order valence-electron chi connectivity index (χ3n) is 4.37. The zero-order chi connectivity index (χ0) is 21.1. The van der Waals surface area contributed by atoms with Crippen molar-refractivity contribution in [1.29, 1.82) is 0 Å². The van der Waals surface area contributed by atoms with Gasteiger partial charge in [-0.25, -0.2) is 9.78 Å². The number of nitrogens with zero attached hydrogens (tertiary/aromatic N) is 1. The predicted octanol–water partition coefficient (Wildman–Crippen LogP) is 4.99. The maximum Gasteiger partial charge on any atom is 0.340 e. The Kier molecular flexibility index (Phi) is 5.65. The van der Waals surface area contributed by atoms with Crippen LogP contribution < -0.4 is 11.1 Å². The van der Waals surface area contributed by atoms with Gasteiger partial charge in [0.1, 0.15) is 0 Å². The zero-order valence-electron chi connectivity index (χ0n) is 15.6. The molecule has 0 aliphatic heterocycles. The van der Waals surface area contributed by atoms with Gasteiger partial charge in [-0.1, -0.05) is 54.1 Å². The highest BCUT2D eigenvalue weighted by Crippen LogP contribution is 2.30. The number of thiazole rings is 1. The van der Waals surface area contributed by atoms with Crippen molar-refractivity contribution < 1.29 is 14.3 Å². The quantitative estimate of drug-likeness (QED) is 0.338. The number of fused-ring (bicyclic) bond motifs is 1. The maximum atomic E-state index is 12.4. The number of halogens is 1. The molecule has 0 bridgehead atoms. The molecule has 0 radical (unpaired) electrons. The van der Waals surface area contributed by atoms with Crippen LogP contribution in [0.4, 0.5) is 10.8 Å². The van der Waals surface area contributed by atoms with E-state index in [0.717, 1.165) is 16.3 Å². The lowest BCUT2D eigenvalue weighted by Gasteiger charge is -2.08. The minimum atomic E-state index is -0.663. The van der Waals surface area contributed by atoms with E-state index in [4.69, 9.17) is 22.1 Å². The molecule has 0 aliphatic rings. The number of benzene rings is 3. The number of rotatable bonds is 5. The number of hydrogen-bond donors (Lipinski definition) is 2. The number of anilines is 2. The van der Waals surface area contributed by atoms with E-state index in [1.165, 1.54) is 11.3 Å². The van der Waals surface area contributed by atoms with E-state index in [2.05, 4.69) is 10.3 Å². The highest BCUT2D eigenvalue weighted by Gasteiger charge is 2.16. The number of carbonyl (C=O) groups is 2. The minimum Gasteiger partial charge on any atom is -0.452 e. The Labute approximate surface area is 181 Å². The molecule has 4 rings (SSSR count). The van der Waals surface area contributed by atoms with Crippen LogP contribution in [-0.2, 0) is 9.53 Å². The van der Waals surface area contributed by atoms with Crippen LogP contribution in [0.25, 0.3) is 22.0 Å². The molecule has 0 saturated carbocycles. The Morgan fingerprint density at radius 3 is 2.53 bits per heavy atom. The third-order valence-corrected chi connectivity index (χ3v) is 5.46. The zero-order valence-corrected chi connectivity index (χ0v) is 17.2. The molecule has 8 heteroatoms. The summed E-state index contributed by atoms with van der Waals surface area (Å²) in [4.78, 5) is 28.9. The first-order chi connectivity index (χ1) is 14.5. The molecule has 0 aliphatic carbocycles. The molecule has 1 aromatic heterocycles. The van der Waals surface area contributed by atoms with Gasteiger partial charge in [0.05, 0.1) is 11.3 Å². The Balaban J connectivity index is 1.39. The first-order valence-corrected chi connectivity index (χ1v) is 10.2. The highest BCUT2D eigenvalue weighted by atomic mass is 35.5. The van der Waals surface area contributed by atoms with Gasteiger partial charge in [-0.15, -0.1) is 11.3 Å². The number of ether oxygens (including phenoxy) is 1. The molecular formula is C22H16ClN3O3S. The number of nitrogens with two attached hydrogens (primary N) is 1. The SMILES string of the molecule is Nc1cc2ccccc2cc1C(=O)OCC(=O)Nc1nc(-c2ccccc2Cl)cs1. The van der Waals surface area contributed by atoms with Gasteiger partial charge >= 0.3 is 5.97 Å². The fourth-order valence-electron chi connectivity index (χ4n) is 2.92. The predicted molar refractivity (Wildman–Crippen MR) is 120 cm³/mol. The van der Waals surface area contributed by atoms with E-state index in [0.29, 0.717) is 21.5 Å². The number of esters is 1. The van der Waals surface area contributed by atoms with Crippen molar-refractivity contribution in [2.45, 2.75) is 0 Å². The van der Waals surface area contributed by atoms with E-state index in [-0.39, 0.29) is 5.56 Å².